The van der Waals surface area contributed by atoms with Crippen molar-refractivity contribution in [3.63, 3.8) is 0 Å². The van der Waals surface area contributed by atoms with Gasteiger partial charge in [-0.2, -0.15) is 0 Å². The zero-order chi connectivity index (χ0) is 11.8. The lowest BCUT2D eigenvalue weighted by Crippen LogP contribution is -2.19. The van der Waals surface area contributed by atoms with Gasteiger partial charge in [0.25, 0.3) is 0 Å². The molecule has 0 aliphatic rings. The highest BCUT2D eigenvalue weighted by molar-refractivity contribution is 5.75. The van der Waals surface area contributed by atoms with Crippen molar-refractivity contribution < 1.29 is 4.79 Å². The van der Waals surface area contributed by atoms with Crippen molar-refractivity contribution in [2.24, 2.45) is 0 Å². The van der Waals surface area contributed by atoms with Crippen LogP contribution in [0.5, 0.6) is 0 Å². The number of carbonyl (C=O) groups excluding carboxylic acids is 1. The minimum absolute atomic E-state index is 0.0550. The maximum absolute atomic E-state index is 11.0. The largest absolute Gasteiger partial charge is 0.359 e. The van der Waals surface area contributed by atoms with Crippen LogP contribution in [0.3, 0.4) is 0 Å². The Morgan fingerprint density at radius 3 is 3.06 bits per heavy atom. The van der Waals surface area contributed by atoms with E-state index in [1.807, 2.05) is 10.8 Å². The zero-order valence-corrected chi connectivity index (χ0v) is 9.99. The molecule has 0 radical (unpaired) electrons. The highest BCUT2D eigenvalue weighted by Crippen LogP contribution is 1.97. The van der Waals surface area contributed by atoms with Crippen LogP contribution in [-0.4, -0.2) is 29.1 Å². The molecule has 0 aliphatic heterocycles. The summed E-state index contributed by atoms with van der Waals surface area (Å²) in [5.74, 6) is 0.0550. The lowest BCUT2D eigenvalue weighted by Gasteiger charge is -2.01. The molecule has 1 rings (SSSR count). The normalized spacial score (nSPS) is 10.4. The minimum atomic E-state index is 0.0550. The molecule has 0 saturated carbocycles. The van der Waals surface area contributed by atoms with E-state index >= 15 is 0 Å². The number of aryl methyl sites for hydroxylation is 1. The molecule has 0 atom stereocenters. The van der Waals surface area contributed by atoms with Crippen molar-refractivity contribution in [3.05, 3.63) is 18.2 Å². The summed E-state index contributed by atoms with van der Waals surface area (Å²) >= 11 is 0. The van der Waals surface area contributed by atoms with Crippen molar-refractivity contribution in [3.8, 4) is 0 Å². The van der Waals surface area contributed by atoms with Gasteiger partial charge in [-0.3, -0.25) is 4.79 Å². The van der Waals surface area contributed by atoms with Crippen LogP contribution in [0, 0.1) is 0 Å². The highest BCUT2D eigenvalue weighted by atomic mass is 16.1. The van der Waals surface area contributed by atoms with Crippen molar-refractivity contribution in [1.29, 1.82) is 0 Å². The molecule has 5 heteroatoms. The maximum atomic E-state index is 11.0. The molecule has 0 unspecified atom stereocenters. The summed E-state index contributed by atoms with van der Waals surface area (Å²) < 4.78 is 1.94. The predicted molar refractivity (Wildman–Crippen MR) is 62.9 cm³/mol. The molecule has 90 valence electrons. The molecular weight excluding hydrogens is 204 g/mol. The summed E-state index contributed by atoms with van der Waals surface area (Å²) in [6, 6.07) is 0. The van der Waals surface area contributed by atoms with Gasteiger partial charge in [0.2, 0.25) is 5.91 Å². The van der Waals surface area contributed by atoms with Gasteiger partial charge in [-0.25, -0.2) is 4.98 Å². The van der Waals surface area contributed by atoms with Gasteiger partial charge in [-0.15, -0.1) is 0 Å². The lowest BCUT2D eigenvalue weighted by atomic mass is 10.4. The fraction of sp³-hybridized carbons (Fsp3) is 0.636. The fourth-order valence-corrected chi connectivity index (χ4v) is 1.37. The van der Waals surface area contributed by atoms with E-state index in [9.17, 15) is 4.79 Å². The Balaban J connectivity index is 2.30. The summed E-state index contributed by atoms with van der Waals surface area (Å²) in [7, 11) is 1.65. The number of aromatic nitrogens is 2. The lowest BCUT2D eigenvalue weighted by molar-refractivity contribution is -0.120. The topological polar surface area (TPSA) is 59.0 Å². The molecule has 5 nitrogen and oxygen atoms in total. The number of hydrogen-bond acceptors (Lipinski definition) is 3. The first kappa shape index (κ1) is 12.7. The van der Waals surface area contributed by atoms with Crippen LogP contribution in [-0.2, 0) is 17.9 Å². The smallest absolute Gasteiger partial charge is 0.221 e. The van der Waals surface area contributed by atoms with Gasteiger partial charge in [-0.05, 0) is 13.0 Å². The average molecular weight is 224 g/mol. The fourth-order valence-electron chi connectivity index (χ4n) is 1.37. The number of imidazole rings is 1. The number of hydrogen-bond donors (Lipinski definition) is 2. The number of rotatable bonds is 7. The molecular formula is C11H20N4O. The molecule has 1 aromatic heterocycles. The average Bonchev–Trinajstić information content (AvgIpc) is 2.74. The first-order chi connectivity index (χ1) is 7.76. The number of carbonyl (C=O) groups is 1. The Morgan fingerprint density at radius 1 is 1.56 bits per heavy atom. The van der Waals surface area contributed by atoms with Gasteiger partial charge in [-0.1, -0.05) is 6.92 Å². The maximum Gasteiger partial charge on any atom is 0.221 e. The van der Waals surface area contributed by atoms with Crippen LogP contribution in [0.25, 0.3) is 0 Å². The van der Waals surface area contributed by atoms with Gasteiger partial charge in [0.1, 0.15) is 0 Å². The van der Waals surface area contributed by atoms with E-state index in [1.165, 1.54) is 0 Å². The Labute approximate surface area is 96.3 Å². The Kier molecular flexibility index (Phi) is 5.56. The third-order valence-electron chi connectivity index (χ3n) is 2.30. The van der Waals surface area contributed by atoms with Gasteiger partial charge < -0.3 is 15.2 Å². The van der Waals surface area contributed by atoms with Crippen LogP contribution in [0.2, 0.25) is 0 Å². The molecule has 0 saturated heterocycles. The monoisotopic (exact) mass is 224 g/mol. The van der Waals surface area contributed by atoms with Crippen LogP contribution >= 0.6 is 0 Å². The summed E-state index contributed by atoms with van der Waals surface area (Å²) in [6.07, 6.45) is 5.36. The third-order valence-corrected chi connectivity index (χ3v) is 2.30. The molecule has 2 N–H and O–H groups in total. The second-order valence-corrected chi connectivity index (χ2v) is 3.70. The van der Waals surface area contributed by atoms with Gasteiger partial charge in [0.15, 0.2) is 0 Å². The van der Waals surface area contributed by atoms with Gasteiger partial charge in [0, 0.05) is 32.8 Å². The molecule has 0 aliphatic carbocycles. The molecule has 0 bridgehead atoms. The zero-order valence-electron chi connectivity index (χ0n) is 9.99. The molecule has 1 aromatic rings. The van der Waals surface area contributed by atoms with Crippen LogP contribution in [0.4, 0.5) is 0 Å². The molecule has 0 aromatic carbocycles. The Hall–Kier alpha value is -1.36. The molecule has 0 spiro atoms. The summed E-state index contributed by atoms with van der Waals surface area (Å²) in [5.41, 5.74) is 1.02. The van der Waals surface area contributed by atoms with Crippen LogP contribution in [0.1, 0.15) is 25.5 Å². The van der Waals surface area contributed by atoms with E-state index in [2.05, 4.69) is 22.5 Å². The van der Waals surface area contributed by atoms with E-state index in [-0.39, 0.29) is 5.91 Å². The number of amides is 1. The molecule has 1 amide bonds. The standard InChI is InChI=1S/C11H20N4O/c1-3-5-13-7-10-8-15(9-14-10)6-4-11(16)12-2/h8-9,13H,3-7H2,1-2H3,(H,12,16). The highest BCUT2D eigenvalue weighted by Gasteiger charge is 2.01. The van der Waals surface area contributed by atoms with Gasteiger partial charge in [0.05, 0.1) is 12.0 Å². The van der Waals surface area contributed by atoms with Crippen molar-refractivity contribution >= 4 is 5.91 Å². The van der Waals surface area contributed by atoms with E-state index in [0.717, 1.165) is 25.2 Å². The van der Waals surface area contributed by atoms with Crippen molar-refractivity contribution in [2.75, 3.05) is 13.6 Å². The predicted octanol–water partition coefficient (Wildman–Crippen LogP) is 0.519. The molecule has 1 heterocycles. The first-order valence-corrected chi connectivity index (χ1v) is 5.68. The van der Waals surface area contributed by atoms with Gasteiger partial charge >= 0.3 is 0 Å². The van der Waals surface area contributed by atoms with E-state index in [0.29, 0.717) is 13.0 Å². The Bertz CT molecular complexity index is 322. The van der Waals surface area contributed by atoms with Crippen molar-refractivity contribution in [1.82, 2.24) is 20.2 Å². The van der Waals surface area contributed by atoms with Crippen molar-refractivity contribution in [2.45, 2.75) is 32.9 Å². The third kappa shape index (κ3) is 4.44. The van der Waals surface area contributed by atoms with E-state index in [1.54, 1.807) is 13.4 Å². The first-order valence-electron chi connectivity index (χ1n) is 5.68. The number of nitrogens with one attached hydrogen (secondary N) is 2. The number of nitrogens with zero attached hydrogens (tertiary/aromatic N) is 2. The van der Waals surface area contributed by atoms with E-state index < -0.39 is 0 Å². The SMILES string of the molecule is CCCNCc1cn(CCC(=O)NC)cn1. The second-order valence-electron chi connectivity index (χ2n) is 3.70. The Morgan fingerprint density at radius 2 is 2.38 bits per heavy atom. The summed E-state index contributed by atoms with van der Waals surface area (Å²) in [4.78, 5) is 15.3. The minimum Gasteiger partial charge on any atom is -0.359 e. The van der Waals surface area contributed by atoms with E-state index in [4.69, 9.17) is 0 Å². The summed E-state index contributed by atoms with van der Waals surface area (Å²) in [6.45, 7) is 4.61. The molecule has 16 heavy (non-hydrogen) atoms. The van der Waals surface area contributed by atoms with Crippen LogP contribution in [0.15, 0.2) is 12.5 Å². The quantitative estimate of drug-likeness (QED) is 0.664. The summed E-state index contributed by atoms with van der Waals surface area (Å²) in [5, 5.41) is 5.88. The van der Waals surface area contributed by atoms with Crippen LogP contribution < -0.4 is 10.6 Å². The molecule has 0 fully saturated rings. The second kappa shape index (κ2) is 7.00.